The molecule has 1 aliphatic rings. The molecule has 3 rings (SSSR count). The van der Waals surface area contributed by atoms with Gasteiger partial charge in [0.05, 0.1) is 5.56 Å². The van der Waals surface area contributed by atoms with E-state index < -0.39 is 33.0 Å². The number of aromatic nitrogens is 1. The molecule has 0 radical (unpaired) electrons. The van der Waals surface area contributed by atoms with Crippen LogP contribution < -0.4 is 5.32 Å². The Morgan fingerprint density at radius 3 is 2.69 bits per heavy atom. The average Bonchev–Trinajstić information content (AvgIpc) is 2.61. The van der Waals surface area contributed by atoms with Crippen molar-refractivity contribution in [2.75, 3.05) is 18.6 Å². The zero-order valence-electron chi connectivity index (χ0n) is 13.7. The third-order valence-corrected chi connectivity index (χ3v) is 5.81. The van der Waals surface area contributed by atoms with E-state index in [-0.39, 0.29) is 13.3 Å². The van der Waals surface area contributed by atoms with E-state index in [9.17, 15) is 21.6 Å². The fourth-order valence-corrected chi connectivity index (χ4v) is 4.43. The van der Waals surface area contributed by atoms with Crippen LogP contribution in [-0.4, -0.2) is 31.0 Å². The summed E-state index contributed by atoms with van der Waals surface area (Å²) in [6, 6.07) is 8.62. The highest BCUT2D eigenvalue weighted by Crippen LogP contribution is 2.38. The molecule has 0 spiro atoms. The Morgan fingerprint density at radius 1 is 1.27 bits per heavy atom. The zero-order valence-corrected chi connectivity index (χ0v) is 14.5. The number of anilines is 1. The fraction of sp³-hybridized carbons (Fsp3) is 0.312. The predicted octanol–water partition coefficient (Wildman–Crippen LogP) is 3.21. The summed E-state index contributed by atoms with van der Waals surface area (Å²) in [5.74, 6) is 0. The van der Waals surface area contributed by atoms with Crippen LogP contribution in [0, 0.1) is 0 Å². The van der Waals surface area contributed by atoms with Gasteiger partial charge in [-0.05, 0) is 18.2 Å². The van der Waals surface area contributed by atoms with E-state index in [1.807, 2.05) is 0 Å². The summed E-state index contributed by atoms with van der Waals surface area (Å²) in [4.78, 5) is 3.52. The number of halogens is 3. The Hall–Kier alpha value is -2.17. The highest BCUT2D eigenvalue weighted by molar-refractivity contribution is 7.89. The molecule has 1 aromatic heterocycles. The molecule has 1 N–H and O–H groups in total. The molecular weight excluding hydrogens is 371 g/mol. The number of pyridine rings is 1. The van der Waals surface area contributed by atoms with Crippen LogP contribution in [0.25, 0.3) is 0 Å². The highest BCUT2D eigenvalue weighted by atomic mass is 32.2. The first-order valence-corrected chi connectivity index (χ1v) is 9.19. The van der Waals surface area contributed by atoms with E-state index in [1.165, 1.54) is 6.92 Å². The molecule has 1 unspecified atom stereocenters. The summed E-state index contributed by atoms with van der Waals surface area (Å²) >= 11 is 0. The van der Waals surface area contributed by atoms with Gasteiger partial charge in [0.15, 0.2) is 11.3 Å². The maximum absolute atomic E-state index is 13.3. The molecule has 140 valence electrons. The number of ether oxygens (including phenoxy) is 1. The van der Waals surface area contributed by atoms with Crippen molar-refractivity contribution < 1.29 is 26.3 Å². The Labute approximate surface area is 148 Å². The summed E-state index contributed by atoms with van der Waals surface area (Å²) in [5, 5.41) is 1.93. The lowest BCUT2D eigenvalue weighted by atomic mass is 10.1. The summed E-state index contributed by atoms with van der Waals surface area (Å²) in [5.41, 5.74) is -0.121. The zero-order chi connectivity index (χ0) is 18.9. The minimum atomic E-state index is -4.84. The summed E-state index contributed by atoms with van der Waals surface area (Å²) in [6.07, 6.45) is -4.87. The van der Waals surface area contributed by atoms with Crippen LogP contribution in [0.3, 0.4) is 0 Å². The minimum Gasteiger partial charge on any atom is -0.362 e. The van der Waals surface area contributed by atoms with Crippen LogP contribution in [0.5, 0.6) is 0 Å². The third kappa shape index (κ3) is 3.27. The van der Waals surface area contributed by atoms with Crippen molar-refractivity contribution in [3.63, 3.8) is 0 Å². The van der Waals surface area contributed by atoms with Crippen LogP contribution in [0.4, 0.5) is 18.9 Å². The molecule has 26 heavy (non-hydrogen) atoms. The second kappa shape index (κ2) is 6.86. The molecule has 0 aliphatic carbocycles. The van der Waals surface area contributed by atoms with E-state index in [2.05, 4.69) is 10.3 Å². The molecule has 0 saturated carbocycles. The second-order valence-electron chi connectivity index (χ2n) is 5.49. The number of rotatable bonds is 4. The number of benzene rings is 1. The Morgan fingerprint density at radius 2 is 2.00 bits per heavy atom. The van der Waals surface area contributed by atoms with Gasteiger partial charge in [-0.3, -0.25) is 0 Å². The van der Waals surface area contributed by atoms with Crippen molar-refractivity contribution in [3.8, 4) is 0 Å². The first-order chi connectivity index (χ1) is 12.3. The summed E-state index contributed by atoms with van der Waals surface area (Å²) in [6.45, 7) is 1.47. The maximum Gasteiger partial charge on any atom is 0.419 e. The molecule has 1 aliphatic heterocycles. The van der Waals surface area contributed by atoms with Crippen molar-refractivity contribution in [3.05, 3.63) is 53.7 Å². The fourth-order valence-electron chi connectivity index (χ4n) is 2.78. The van der Waals surface area contributed by atoms with E-state index in [1.54, 1.807) is 24.3 Å². The lowest BCUT2D eigenvalue weighted by molar-refractivity contribution is -0.140. The van der Waals surface area contributed by atoms with Crippen LogP contribution in [0.1, 0.15) is 24.3 Å². The van der Waals surface area contributed by atoms with Gasteiger partial charge in [0.1, 0.15) is 6.73 Å². The van der Waals surface area contributed by atoms with E-state index in [0.29, 0.717) is 17.3 Å². The largest absolute Gasteiger partial charge is 0.419 e. The van der Waals surface area contributed by atoms with Gasteiger partial charge in [-0.2, -0.15) is 17.5 Å². The van der Waals surface area contributed by atoms with Gasteiger partial charge >= 0.3 is 6.18 Å². The predicted molar refractivity (Wildman–Crippen MR) is 87.6 cm³/mol. The molecule has 1 aromatic carbocycles. The van der Waals surface area contributed by atoms with Crippen LogP contribution in [0.15, 0.2) is 47.6 Å². The lowest BCUT2D eigenvalue weighted by Crippen LogP contribution is -2.40. The Bertz CT molecular complexity index is 903. The third-order valence-electron chi connectivity index (χ3n) is 3.93. The number of nitrogens with one attached hydrogen (secondary N) is 1. The SMILES string of the molecule is CCN(C1OCNc2ccccc21)S(=O)(=O)c1ncccc1C(F)(F)F. The number of sulfonamides is 1. The Kier molecular flexibility index (Phi) is 4.91. The van der Waals surface area contributed by atoms with Gasteiger partial charge in [-0.15, -0.1) is 0 Å². The topological polar surface area (TPSA) is 71.5 Å². The standard InChI is InChI=1S/C16H16F3N3O3S/c1-2-22(15-11-6-3-4-8-13(11)21-10-25-15)26(23,24)14-12(16(17,18)19)7-5-9-20-14/h3-9,15,21H,2,10H2,1H3. The van der Waals surface area contributed by atoms with Crippen molar-refractivity contribution in [1.82, 2.24) is 9.29 Å². The summed E-state index contributed by atoms with van der Waals surface area (Å²) < 4.78 is 72.2. The van der Waals surface area contributed by atoms with Crippen LogP contribution in [-0.2, 0) is 20.9 Å². The van der Waals surface area contributed by atoms with E-state index in [0.717, 1.165) is 16.6 Å². The molecular formula is C16H16F3N3O3S. The number of para-hydroxylation sites is 1. The minimum absolute atomic E-state index is 0.0298. The molecule has 0 saturated heterocycles. The quantitative estimate of drug-likeness (QED) is 0.872. The lowest BCUT2D eigenvalue weighted by Gasteiger charge is -2.34. The first-order valence-electron chi connectivity index (χ1n) is 7.75. The normalized spacial score (nSPS) is 17.7. The van der Waals surface area contributed by atoms with Crippen molar-refractivity contribution in [2.45, 2.75) is 24.4 Å². The Balaban J connectivity index is 2.10. The number of hydrogen-bond donors (Lipinski definition) is 1. The number of nitrogens with zero attached hydrogens (tertiary/aromatic N) is 2. The monoisotopic (exact) mass is 387 g/mol. The number of alkyl halides is 3. The van der Waals surface area contributed by atoms with Gasteiger partial charge in [0, 0.05) is 24.0 Å². The van der Waals surface area contributed by atoms with Gasteiger partial charge in [0.25, 0.3) is 10.0 Å². The van der Waals surface area contributed by atoms with Gasteiger partial charge in [-0.1, -0.05) is 25.1 Å². The molecule has 2 heterocycles. The molecule has 10 heteroatoms. The average molecular weight is 387 g/mol. The number of hydrogen-bond acceptors (Lipinski definition) is 5. The van der Waals surface area contributed by atoms with Crippen molar-refractivity contribution in [1.29, 1.82) is 0 Å². The molecule has 6 nitrogen and oxygen atoms in total. The van der Waals surface area contributed by atoms with Gasteiger partial charge in [0.2, 0.25) is 0 Å². The molecule has 1 atom stereocenters. The second-order valence-corrected chi connectivity index (χ2v) is 7.30. The first kappa shape index (κ1) is 18.6. The van der Waals surface area contributed by atoms with Crippen LogP contribution >= 0.6 is 0 Å². The van der Waals surface area contributed by atoms with Crippen molar-refractivity contribution in [2.24, 2.45) is 0 Å². The molecule has 0 fully saturated rings. The molecule has 0 amide bonds. The molecule has 0 bridgehead atoms. The van der Waals surface area contributed by atoms with Gasteiger partial charge in [-0.25, -0.2) is 13.4 Å². The maximum atomic E-state index is 13.3. The van der Waals surface area contributed by atoms with Gasteiger partial charge < -0.3 is 10.1 Å². The van der Waals surface area contributed by atoms with Crippen LogP contribution in [0.2, 0.25) is 0 Å². The molecule has 2 aromatic rings. The van der Waals surface area contributed by atoms with Crippen molar-refractivity contribution >= 4 is 15.7 Å². The van der Waals surface area contributed by atoms with E-state index in [4.69, 9.17) is 4.74 Å². The smallest absolute Gasteiger partial charge is 0.362 e. The number of fused-ring (bicyclic) bond motifs is 1. The highest BCUT2D eigenvalue weighted by Gasteiger charge is 2.42. The van der Waals surface area contributed by atoms with E-state index >= 15 is 0 Å². The summed E-state index contributed by atoms with van der Waals surface area (Å²) in [7, 11) is -4.56.